The van der Waals surface area contributed by atoms with Crippen LogP contribution in [0.15, 0.2) is 0 Å². The zero-order valence-corrected chi connectivity index (χ0v) is 14.3. The Morgan fingerprint density at radius 1 is 1.45 bits per heavy atom. The van der Waals surface area contributed by atoms with Crippen molar-refractivity contribution in [3.63, 3.8) is 0 Å². The summed E-state index contributed by atoms with van der Waals surface area (Å²) in [7, 11) is 0. The van der Waals surface area contributed by atoms with Crippen molar-refractivity contribution in [1.29, 1.82) is 0 Å². The number of hydrogen-bond donors (Lipinski definition) is 0. The van der Waals surface area contributed by atoms with Gasteiger partial charge in [-0.1, -0.05) is 20.8 Å². The Labute approximate surface area is 132 Å². The van der Waals surface area contributed by atoms with Crippen LogP contribution in [0.4, 0.5) is 0 Å². The standard InChI is InChI=1S/C18H28O4/c1-6-17(4,5)16(20)22-13-7-11-8-18(13,10(2)3)12-9-21-15(19)14(11)12/h10-14H,6-9H2,1-5H3. The summed E-state index contributed by atoms with van der Waals surface area (Å²) in [6, 6.07) is 0. The molecular weight excluding hydrogens is 280 g/mol. The molecule has 0 radical (unpaired) electrons. The summed E-state index contributed by atoms with van der Waals surface area (Å²) in [5.74, 6) is 0.831. The molecule has 0 aromatic rings. The largest absolute Gasteiger partial charge is 0.465 e. The van der Waals surface area contributed by atoms with Crippen LogP contribution in [0.2, 0.25) is 0 Å². The maximum absolute atomic E-state index is 12.5. The van der Waals surface area contributed by atoms with E-state index < -0.39 is 5.41 Å². The van der Waals surface area contributed by atoms with Gasteiger partial charge in [0.15, 0.2) is 0 Å². The average molecular weight is 308 g/mol. The van der Waals surface area contributed by atoms with E-state index in [2.05, 4.69) is 13.8 Å². The molecule has 0 spiro atoms. The highest BCUT2D eigenvalue weighted by Crippen LogP contribution is 2.66. The van der Waals surface area contributed by atoms with Gasteiger partial charge in [-0.2, -0.15) is 0 Å². The van der Waals surface area contributed by atoms with E-state index in [0.717, 1.165) is 19.3 Å². The highest BCUT2D eigenvalue weighted by molar-refractivity contribution is 5.77. The van der Waals surface area contributed by atoms with Crippen LogP contribution < -0.4 is 0 Å². The zero-order chi connectivity index (χ0) is 16.3. The Balaban J connectivity index is 1.86. The molecule has 5 unspecified atom stereocenters. The van der Waals surface area contributed by atoms with Gasteiger partial charge in [0.05, 0.1) is 17.9 Å². The molecule has 2 aliphatic carbocycles. The van der Waals surface area contributed by atoms with E-state index in [9.17, 15) is 9.59 Å². The van der Waals surface area contributed by atoms with Crippen molar-refractivity contribution in [2.75, 3.05) is 6.61 Å². The third-order valence-corrected chi connectivity index (χ3v) is 6.80. The molecule has 0 amide bonds. The summed E-state index contributed by atoms with van der Waals surface area (Å²) in [5, 5.41) is 0. The minimum absolute atomic E-state index is 0.0313. The van der Waals surface area contributed by atoms with Crippen molar-refractivity contribution in [3.8, 4) is 0 Å². The van der Waals surface area contributed by atoms with Crippen LogP contribution in [0.5, 0.6) is 0 Å². The van der Waals surface area contributed by atoms with E-state index in [-0.39, 0.29) is 35.3 Å². The Hall–Kier alpha value is -1.06. The highest BCUT2D eigenvalue weighted by atomic mass is 16.6. The monoisotopic (exact) mass is 308 g/mol. The molecule has 124 valence electrons. The van der Waals surface area contributed by atoms with Gasteiger partial charge in [-0.05, 0) is 44.9 Å². The van der Waals surface area contributed by atoms with Gasteiger partial charge in [-0.3, -0.25) is 9.59 Å². The second kappa shape index (κ2) is 4.97. The fourth-order valence-electron chi connectivity index (χ4n) is 5.00. The average Bonchev–Trinajstić information content (AvgIpc) is 3.09. The summed E-state index contributed by atoms with van der Waals surface area (Å²) in [6.45, 7) is 10.8. The lowest BCUT2D eigenvalue weighted by atomic mass is 9.64. The van der Waals surface area contributed by atoms with Crippen molar-refractivity contribution in [1.82, 2.24) is 0 Å². The number of cyclic esters (lactones) is 1. The van der Waals surface area contributed by atoms with Crippen LogP contribution in [0.3, 0.4) is 0 Å². The van der Waals surface area contributed by atoms with Gasteiger partial charge in [0, 0.05) is 11.3 Å². The first-order chi connectivity index (χ1) is 10.2. The van der Waals surface area contributed by atoms with Gasteiger partial charge >= 0.3 is 11.9 Å². The number of carbonyl (C=O) groups is 2. The molecule has 3 rings (SSSR count). The molecule has 5 atom stereocenters. The minimum Gasteiger partial charge on any atom is -0.465 e. The third-order valence-electron chi connectivity index (χ3n) is 6.80. The van der Waals surface area contributed by atoms with Gasteiger partial charge in [0.2, 0.25) is 0 Å². The topological polar surface area (TPSA) is 52.6 Å². The maximum atomic E-state index is 12.5. The quantitative estimate of drug-likeness (QED) is 0.748. The Kier molecular flexibility index (Phi) is 3.57. The lowest BCUT2D eigenvalue weighted by Gasteiger charge is -2.43. The Morgan fingerprint density at radius 3 is 2.73 bits per heavy atom. The summed E-state index contributed by atoms with van der Waals surface area (Å²) < 4.78 is 11.3. The molecule has 4 nitrogen and oxygen atoms in total. The predicted octanol–water partition coefficient (Wildman–Crippen LogP) is 3.19. The van der Waals surface area contributed by atoms with Crippen molar-refractivity contribution in [2.24, 2.45) is 34.5 Å². The van der Waals surface area contributed by atoms with Crippen LogP contribution in [0, 0.1) is 34.5 Å². The van der Waals surface area contributed by atoms with E-state index in [0.29, 0.717) is 18.4 Å². The fraction of sp³-hybridized carbons (Fsp3) is 0.889. The van der Waals surface area contributed by atoms with E-state index in [4.69, 9.17) is 9.47 Å². The summed E-state index contributed by atoms with van der Waals surface area (Å²) in [4.78, 5) is 24.5. The van der Waals surface area contributed by atoms with E-state index in [1.165, 1.54) is 0 Å². The van der Waals surface area contributed by atoms with Crippen molar-refractivity contribution in [3.05, 3.63) is 0 Å². The second-order valence-corrected chi connectivity index (χ2v) is 8.36. The molecule has 0 N–H and O–H groups in total. The number of hydrogen-bond acceptors (Lipinski definition) is 4. The van der Waals surface area contributed by atoms with Gasteiger partial charge in [0.1, 0.15) is 6.10 Å². The predicted molar refractivity (Wildman–Crippen MR) is 81.9 cm³/mol. The normalized spacial score (nSPS) is 40.0. The Morgan fingerprint density at radius 2 is 2.14 bits per heavy atom. The molecular formula is C18H28O4. The number of carbonyl (C=O) groups excluding carboxylic acids is 2. The van der Waals surface area contributed by atoms with Gasteiger partial charge in [-0.15, -0.1) is 0 Å². The zero-order valence-electron chi connectivity index (χ0n) is 14.3. The minimum atomic E-state index is -0.443. The van der Waals surface area contributed by atoms with Crippen molar-refractivity contribution < 1.29 is 19.1 Å². The van der Waals surface area contributed by atoms with E-state index in [1.807, 2.05) is 20.8 Å². The molecule has 22 heavy (non-hydrogen) atoms. The second-order valence-electron chi connectivity index (χ2n) is 8.36. The summed E-state index contributed by atoms with van der Waals surface area (Å²) in [6.07, 6.45) is 2.52. The molecule has 0 aromatic carbocycles. The highest BCUT2D eigenvalue weighted by Gasteiger charge is 2.69. The van der Waals surface area contributed by atoms with Gasteiger partial charge in [-0.25, -0.2) is 0 Å². The number of rotatable bonds is 4. The van der Waals surface area contributed by atoms with Crippen molar-refractivity contribution >= 4 is 11.9 Å². The first-order valence-electron chi connectivity index (χ1n) is 8.61. The molecule has 1 heterocycles. The summed E-state index contributed by atoms with van der Waals surface area (Å²) >= 11 is 0. The van der Waals surface area contributed by atoms with Crippen LogP contribution in [-0.2, 0) is 19.1 Å². The molecule has 0 aromatic heterocycles. The van der Waals surface area contributed by atoms with Crippen LogP contribution in [0.25, 0.3) is 0 Å². The molecule has 1 aliphatic heterocycles. The molecule has 3 fully saturated rings. The third kappa shape index (κ3) is 1.95. The van der Waals surface area contributed by atoms with Gasteiger partial charge < -0.3 is 9.47 Å². The molecule has 1 saturated heterocycles. The van der Waals surface area contributed by atoms with E-state index in [1.54, 1.807) is 0 Å². The summed E-state index contributed by atoms with van der Waals surface area (Å²) in [5.41, 5.74) is -0.525. The smallest absolute Gasteiger partial charge is 0.311 e. The van der Waals surface area contributed by atoms with Crippen LogP contribution in [0.1, 0.15) is 53.9 Å². The molecule has 2 saturated carbocycles. The lowest BCUT2D eigenvalue weighted by molar-refractivity contribution is -0.172. The number of fused-ring (bicyclic) bond motifs is 5. The molecule has 3 aliphatic rings. The van der Waals surface area contributed by atoms with E-state index >= 15 is 0 Å². The number of esters is 2. The van der Waals surface area contributed by atoms with Gasteiger partial charge in [0.25, 0.3) is 0 Å². The van der Waals surface area contributed by atoms with Crippen LogP contribution in [-0.4, -0.2) is 24.6 Å². The lowest BCUT2D eigenvalue weighted by Crippen LogP contribution is -2.48. The SMILES string of the molecule is CCC(C)(C)C(=O)OC1CC2CC1(C(C)C)C1COC(=O)C21. The van der Waals surface area contributed by atoms with Crippen molar-refractivity contribution in [2.45, 2.75) is 60.0 Å². The maximum Gasteiger partial charge on any atom is 0.311 e. The first-order valence-corrected chi connectivity index (χ1v) is 8.61. The number of ether oxygens (including phenoxy) is 2. The Bertz CT molecular complexity index is 495. The first kappa shape index (κ1) is 15.8. The van der Waals surface area contributed by atoms with Crippen LogP contribution >= 0.6 is 0 Å². The fourth-order valence-corrected chi connectivity index (χ4v) is 5.00. The molecule has 2 bridgehead atoms. The molecule has 4 heteroatoms.